The molecule has 0 spiro atoms. The van der Waals surface area contributed by atoms with Gasteiger partial charge in [-0.1, -0.05) is 18.2 Å². The van der Waals surface area contributed by atoms with Crippen LogP contribution in [0.15, 0.2) is 29.3 Å². The van der Waals surface area contributed by atoms with E-state index in [1.165, 1.54) is 14.2 Å². The Morgan fingerprint density at radius 3 is 2.42 bits per heavy atom. The number of rotatable bonds is 5. The van der Waals surface area contributed by atoms with Crippen LogP contribution in [0.5, 0.6) is 5.75 Å². The Bertz CT molecular complexity index is 790. The highest BCUT2D eigenvalue weighted by molar-refractivity contribution is 6.00. The molecule has 7 nitrogen and oxygen atoms in total. The lowest BCUT2D eigenvalue weighted by atomic mass is 9.93. The summed E-state index contributed by atoms with van der Waals surface area (Å²) in [7, 11) is 2.77. The third-order valence-electron chi connectivity index (χ3n) is 5.01. The van der Waals surface area contributed by atoms with Crippen molar-refractivity contribution in [2.45, 2.75) is 18.8 Å². The molecule has 1 fully saturated rings. The Hall–Kier alpha value is -2.61. The normalized spacial score (nSPS) is 32.2. The van der Waals surface area contributed by atoms with Crippen molar-refractivity contribution in [3.8, 4) is 17.9 Å². The van der Waals surface area contributed by atoms with Gasteiger partial charge in [-0.15, -0.1) is 0 Å². The number of aliphatic imine (C=N–C) groups is 1. The van der Waals surface area contributed by atoms with Crippen LogP contribution in [0.2, 0.25) is 0 Å². The van der Waals surface area contributed by atoms with E-state index in [9.17, 15) is 10.5 Å². The van der Waals surface area contributed by atoms with Crippen LogP contribution >= 0.6 is 0 Å². The first-order valence-electron chi connectivity index (χ1n) is 7.55. The van der Waals surface area contributed by atoms with Gasteiger partial charge in [0, 0.05) is 25.7 Å². The molecule has 3 atom stereocenters. The van der Waals surface area contributed by atoms with E-state index in [1.54, 1.807) is 6.07 Å². The van der Waals surface area contributed by atoms with Gasteiger partial charge in [-0.2, -0.15) is 10.5 Å². The zero-order chi connectivity index (χ0) is 17.6. The van der Waals surface area contributed by atoms with Crippen molar-refractivity contribution in [1.82, 2.24) is 0 Å². The van der Waals surface area contributed by atoms with E-state index in [1.807, 2.05) is 25.1 Å². The van der Waals surface area contributed by atoms with Crippen molar-refractivity contribution in [3.05, 3.63) is 29.8 Å². The first-order valence-corrected chi connectivity index (χ1v) is 7.55. The van der Waals surface area contributed by atoms with Crippen LogP contribution in [-0.4, -0.2) is 32.6 Å². The number of hydrogen-bond acceptors (Lipinski definition) is 7. The number of ether oxygens (including phenoxy) is 3. The molecule has 0 bridgehead atoms. The van der Waals surface area contributed by atoms with E-state index in [2.05, 4.69) is 17.1 Å². The maximum Gasteiger partial charge on any atom is 0.292 e. The molecule has 124 valence electrons. The number of amidine groups is 1. The summed E-state index contributed by atoms with van der Waals surface area (Å²) in [5.41, 5.74) is 4.13. The van der Waals surface area contributed by atoms with Gasteiger partial charge >= 0.3 is 0 Å². The fourth-order valence-corrected chi connectivity index (χ4v) is 3.99. The molecule has 1 aromatic carbocycles. The van der Waals surface area contributed by atoms with E-state index in [-0.39, 0.29) is 5.84 Å². The molecule has 1 heterocycles. The van der Waals surface area contributed by atoms with Crippen LogP contribution in [0, 0.1) is 33.5 Å². The molecule has 2 aliphatic rings. The number of fused-ring (bicyclic) bond motifs is 1. The van der Waals surface area contributed by atoms with E-state index < -0.39 is 22.7 Å². The predicted molar refractivity (Wildman–Crippen MR) is 84.8 cm³/mol. The lowest BCUT2D eigenvalue weighted by Gasteiger charge is -2.29. The first kappa shape index (κ1) is 16.3. The second-order valence-corrected chi connectivity index (χ2v) is 5.73. The first-order chi connectivity index (χ1) is 11.5. The van der Waals surface area contributed by atoms with Gasteiger partial charge in [0.15, 0.2) is 5.41 Å². The van der Waals surface area contributed by atoms with Gasteiger partial charge < -0.3 is 19.9 Å². The summed E-state index contributed by atoms with van der Waals surface area (Å²) >= 11 is 0. The Morgan fingerprint density at radius 2 is 1.88 bits per heavy atom. The molecule has 24 heavy (non-hydrogen) atoms. The van der Waals surface area contributed by atoms with Gasteiger partial charge in [0.25, 0.3) is 5.91 Å². The second kappa shape index (κ2) is 5.20. The molecule has 1 saturated carbocycles. The number of nitriles is 2. The minimum Gasteiger partial charge on any atom is -0.494 e. The molecule has 7 heteroatoms. The molecule has 3 rings (SSSR count). The molecular weight excluding hydrogens is 308 g/mol. The van der Waals surface area contributed by atoms with Crippen LogP contribution in [0.25, 0.3) is 0 Å². The summed E-state index contributed by atoms with van der Waals surface area (Å²) in [4.78, 5) is 4.19. The van der Waals surface area contributed by atoms with E-state index in [4.69, 9.17) is 19.9 Å². The van der Waals surface area contributed by atoms with Gasteiger partial charge in [0.1, 0.15) is 17.0 Å². The van der Waals surface area contributed by atoms with Crippen LogP contribution in [-0.2, 0) is 9.47 Å². The highest BCUT2D eigenvalue weighted by atomic mass is 16.7. The van der Waals surface area contributed by atoms with Crippen molar-refractivity contribution in [2.24, 2.45) is 21.6 Å². The minimum absolute atomic E-state index is 0.0477. The Morgan fingerprint density at radius 1 is 1.21 bits per heavy atom. The molecule has 0 saturated heterocycles. The van der Waals surface area contributed by atoms with Crippen molar-refractivity contribution in [3.63, 3.8) is 0 Å². The number of hydrogen-bond donors (Lipinski definition) is 1. The highest BCUT2D eigenvalue weighted by Crippen LogP contribution is 2.82. The molecule has 0 amide bonds. The topological polar surface area (TPSA) is 114 Å². The summed E-state index contributed by atoms with van der Waals surface area (Å²) in [5, 5.41) is 19.9. The van der Waals surface area contributed by atoms with Crippen LogP contribution < -0.4 is 10.5 Å². The molecule has 1 aliphatic heterocycles. The fraction of sp³-hybridized carbons (Fsp3) is 0.471. The second-order valence-electron chi connectivity index (χ2n) is 5.73. The summed E-state index contributed by atoms with van der Waals surface area (Å²) in [6.07, 6.45) is 0. The molecule has 2 N–H and O–H groups in total. The predicted octanol–water partition coefficient (Wildman–Crippen LogP) is 1.52. The third kappa shape index (κ3) is 1.49. The zero-order valence-corrected chi connectivity index (χ0v) is 13.7. The Kier molecular flexibility index (Phi) is 3.52. The maximum absolute atomic E-state index is 10.0. The smallest absolute Gasteiger partial charge is 0.292 e. The lowest BCUT2D eigenvalue weighted by Crippen LogP contribution is -2.41. The average Bonchev–Trinajstić information content (AvgIpc) is 3.18. The van der Waals surface area contributed by atoms with Gasteiger partial charge in [-0.05, 0) is 13.0 Å². The quantitative estimate of drug-likeness (QED) is 0.821. The van der Waals surface area contributed by atoms with E-state index in [0.29, 0.717) is 12.4 Å². The third-order valence-corrected chi connectivity index (χ3v) is 5.01. The standard InChI is InChI=1S/C17H18N4O3/c1-4-24-12-8-6-5-7-11(12)13-15(9-18)14(20)21-17(22-2,23-3)16(13,15)10-19/h5-8,13H,4H2,1-3H3,(H2,20,21). The molecule has 0 radical (unpaired) electrons. The monoisotopic (exact) mass is 326 g/mol. The number of benzene rings is 1. The van der Waals surface area contributed by atoms with Gasteiger partial charge in [0.05, 0.1) is 18.7 Å². The lowest BCUT2D eigenvalue weighted by molar-refractivity contribution is -0.230. The number of para-hydroxylation sites is 1. The molecule has 0 aromatic heterocycles. The van der Waals surface area contributed by atoms with Crippen molar-refractivity contribution in [2.75, 3.05) is 20.8 Å². The molecule has 1 aliphatic carbocycles. The summed E-state index contributed by atoms with van der Waals surface area (Å²) in [6.45, 7) is 2.33. The zero-order valence-electron chi connectivity index (χ0n) is 13.7. The van der Waals surface area contributed by atoms with Crippen molar-refractivity contribution >= 4 is 5.84 Å². The van der Waals surface area contributed by atoms with Crippen LogP contribution in [0.1, 0.15) is 18.4 Å². The van der Waals surface area contributed by atoms with Gasteiger partial charge in [-0.3, -0.25) is 0 Å². The Labute approximate surface area is 140 Å². The largest absolute Gasteiger partial charge is 0.494 e. The number of nitrogens with two attached hydrogens (primary N) is 1. The maximum atomic E-state index is 10.0. The van der Waals surface area contributed by atoms with Crippen molar-refractivity contribution in [1.29, 1.82) is 10.5 Å². The van der Waals surface area contributed by atoms with Crippen molar-refractivity contribution < 1.29 is 14.2 Å². The number of methoxy groups -OCH3 is 2. The van der Waals surface area contributed by atoms with Crippen LogP contribution in [0.4, 0.5) is 0 Å². The van der Waals surface area contributed by atoms with E-state index >= 15 is 0 Å². The summed E-state index contributed by atoms with van der Waals surface area (Å²) in [5.74, 6) is -1.52. The van der Waals surface area contributed by atoms with Gasteiger partial charge in [-0.25, -0.2) is 4.99 Å². The Balaban J connectivity index is 2.25. The SMILES string of the molecule is CCOc1ccccc1C1C2(C#N)C(N)=NC(OC)(OC)C12C#N. The summed E-state index contributed by atoms with van der Waals surface area (Å²) in [6, 6.07) is 11.7. The molecular formula is C17H18N4O3. The number of nitrogens with zero attached hydrogens (tertiary/aromatic N) is 3. The van der Waals surface area contributed by atoms with Crippen LogP contribution in [0.3, 0.4) is 0 Å². The minimum atomic E-state index is -1.62. The van der Waals surface area contributed by atoms with Gasteiger partial charge in [0.2, 0.25) is 0 Å². The molecule has 3 unspecified atom stereocenters. The summed E-state index contributed by atoms with van der Waals surface area (Å²) < 4.78 is 16.6. The fourth-order valence-electron chi connectivity index (χ4n) is 3.99. The van der Waals surface area contributed by atoms with E-state index in [0.717, 1.165) is 5.56 Å². The highest BCUT2D eigenvalue weighted by Gasteiger charge is 2.93. The average molecular weight is 326 g/mol. The molecule has 1 aromatic rings.